The molecule has 3 aromatic rings. The normalized spacial score (nSPS) is 14.6. The highest BCUT2D eigenvalue weighted by atomic mass is 32.1. The zero-order valence-corrected chi connectivity index (χ0v) is 16.5. The lowest BCUT2D eigenvalue weighted by molar-refractivity contribution is 0.0751. The molecule has 1 aliphatic rings. The number of nitrogens with zero attached hydrogens (tertiary/aromatic N) is 4. The quantitative estimate of drug-likeness (QED) is 0.669. The average molecular weight is 403 g/mol. The van der Waals surface area contributed by atoms with Gasteiger partial charge in [-0.3, -0.25) is 4.79 Å². The molecule has 0 bridgehead atoms. The zero-order chi connectivity index (χ0) is 18.8. The highest BCUT2D eigenvalue weighted by molar-refractivity contribution is 7.15. The van der Waals surface area contributed by atoms with Gasteiger partial charge in [-0.05, 0) is 36.8 Å². The molecule has 0 N–H and O–H groups in total. The van der Waals surface area contributed by atoms with Crippen molar-refractivity contribution in [3.63, 3.8) is 0 Å². The second kappa shape index (κ2) is 7.74. The molecule has 0 saturated carbocycles. The van der Waals surface area contributed by atoms with E-state index in [0.717, 1.165) is 38.5 Å². The van der Waals surface area contributed by atoms with Crippen LogP contribution in [0.2, 0.25) is 0 Å². The maximum atomic E-state index is 13.0. The molecule has 27 heavy (non-hydrogen) atoms. The van der Waals surface area contributed by atoms with Crippen molar-refractivity contribution in [1.29, 1.82) is 0 Å². The molecule has 0 radical (unpaired) electrons. The van der Waals surface area contributed by atoms with Gasteiger partial charge >= 0.3 is 0 Å². The number of piperazine rings is 1. The number of aryl methyl sites for hydroxylation is 1. The molecule has 0 spiro atoms. The molecule has 1 amide bonds. The number of anilines is 1. The number of hydrogen-bond acceptors (Lipinski definition) is 6. The number of aromatic nitrogens is 2. The number of thiophene rings is 1. The molecule has 0 aliphatic carbocycles. The molecule has 1 fully saturated rings. The van der Waals surface area contributed by atoms with Crippen molar-refractivity contribution in [2.45, 2.75) is 13.3 Å². The molecule has 140 valence electrons. The second-order valence-electron chi connectivity index (χ2n) is 6.47. The van der Waals surface area contributed by atoms with Crippen LogP contribution in [0, 0.1) is 12.7 Å². The van der Waals surface area contributed by atoms with Crippen LogP contribution in [0.25, 0.3) is 0 Å². The van der Waals surface area contributed by atoms with Crippen LogP contribution in [0.3, 0.4) is 0 Å². The number of halogens is 1. The minimum atomic E-state index is -0.234. The van der Waals surface area contributed by atoms with Gasteiger partial charge in [0.2, 0.25) is 5.13 Å². The van der Waals surface area contributed by atoms with Gasteiger partial charge in [0.15, 0.2) is 0 Å². The smallest absolute Gasteiger partial charge is 0.264 e. The fourth-order valence-electron chi connectivity index (χ4n) is 3.03. The van der Waals surface area contributed by atoms with Crippen LogP contribution in [-0.4, -0.2) is 47.2 Å². The molecule has 2 aromatic heterocycles. The summed E-state index contributed by atoms with van der Waals surface area (Å²) in [6.45, 7) is 4.88. The minimum Gasteiger partial charge on any atom is -0.343 e. The number of benzene rings is 1. The first-order chi connectivity index (χ1) is 13.1. The van der Waals surface area contributed by atoms with Gasteiger partial charge in [-0.2, -0.15) is 0 Å². The Hall–Kier alpha value is -2.32. The van der Waals surface area contributed by atoms with Crippen LogP contribution in [0.1, 0.15) is 25.1 Å². The van der Waals surface area contributed by atoms with Crippen LogP contribution < -0.4 is 4.90 Å². The number of hydrogen-bond donors (Lipinski definition) is 0. The Morgan fingerprint density at radius 3 is 2.44 bits per heavy atom. The van der Waals surface area contributed by atoms with E-state index in [2.05, 4.69) is 15.1 Å². The Bertz CT molecular complexity index is 929. The lowest BCUT2D eigenvalue weighted by Gasteiger charge is -2.34. The molecule has 5 nitrogen and oxygen atoms in total. The summed E-state index contributed by atoms with van der Waals surface area (Å²) in [5.74, 6) is -0.121. The van der Waals surface area contributed by atoms with E-state index in [9.17, 15) is 9.18 Å². The number of carbonyl (C=O) groups excluding carboxylic acids is 1. The van der Waals surface area contributed by atoms with Gasteiger partial charge in [0.25, 0.3) is 5.91 Å². The van der Waals surface area contributed by atoms with E-state index in [4.69, 9.17) is 0 Å². The van der Waals surface area contributed by atoms with Crippen molar-refractivity contribution in [3.05, 3.63) is 62.5 Å². The van der Waals surface area contributed by atoms with Gasteiger partial charge in [0.1, 0.15) is 10.8 Å². The predicted molar refractivity (Wildman–Crippen MR) is 106 cm³/mol. The van der Waals surface area contributed by atoms with E-state index >= 15 is 0 Å². The fraction of sp³-hybridized carbons (Fsp3) is 0.316. The third-order valence-corrected chi connectivity index (χ3v) is 6.49. The van der Waals surface area contributed by atoms with Crippen LogP contribution >= 0.6 is 22.7 Å². The standard InChI is InChI=1S/C19H19FN4OS2/c1-13-2-7-16(26-13)18(25)23-8-10-24(11-9-23)19-22-21-17(27-19)12-14-3-5-15(20)6-4-14/h2-7H,8-12H2,1H3. The van der Waals surface area contributed by atoms with E-state index in [1.807, 2.05) is 24.0 Å². The molecule has 4 rings (SSSR count). The van der Waals surface area contributed by atoms with Crippen molar-refractivity contribution in [1.82, 2.24) is 15.1 Å². The molecule has 3 heterocycles. The third-order valence-electron chi connectivity index (χ3n) is 4.51. The maximum absolute atomic E-state index is 13.0. The first-order valence-electron chi connectivity index (χ1n) is 8.76. The van der Waals surface area contributed by atoms with Crippen LogP contribution in [0.5, 0.6) is 0 Å². The summed E-state index contributed by atoms with van der Waals surface area (Å²) in [6, 6.07) is 10.4. The molecule has 1 aliphatic heterocycles. The van der Waals surface area contributed by atoms with Crippen molar-refractivity contribution < 1.29 is 9.18 Å². The SMILES string of the molecule is Cc1ccc(C(=O)N2CCN(c3nnc(Cc4ccc(F)cc4)s3)CC2)s1. The van der Waals surface area contributed by atoms with Crippen LogP contribution in [0.4, 0.5) is 9.52 Å². The largest absolute Gasteiger partial charge is 0.343 e. The highest BCUT2D eigenvalue weighted by Gasteiger charge is 2.24. The monoisotopic (exact) mass is 402 g/mol. The van der Waals surface area contributed by atoms with Gasteiger partial charge < -0.3 is 9.80 Å². The second-order valence-corrected chi connectivity index (χ2v) is 8.80. The Morgan fingerprint density at radius 2 is 1.78 bits per heavy atom. The minimum absolute atomic E-state index is 0.113. The lowest BCUT2D eigenvalue weighted by atomic mass is 10.2. The summed E-state index contributed by atoms with van der Waals surface area (Å²) in [7, 11) is 0. The van der Waals surface area contributed by atoms with Gasteiger partial charge in [-0.25, -0.2) is 4.39 Å². The van der Waals surface area contributed by atoms with Crippen LogP contribution in [-0.2, 0) is 6.42 Å². The van der Waals surface area contributed by atoms with E-state index < -0.39 is 0 Å². The molecule has 0 unspecified atom stereocenters. The lowest BCUT2D eigenvalue weighted by Crippen LogP contribution is -2.48. The van der Waals surface area contributed by atoms with Gasteiger partial charge in [0.05, 0.1) is 4.88 Å². The first kappa shape index (κ1) is 18.1. The topological polar surface area (TPSA) is 49.3 Å². The van der Waals surface area contributed by atoms with E-state index in [1.165, 1.54) is 12.1 Å². The Morgan fingerprint density at radius 1 is 1.04 bits per heavy atom. The number of amides is 1. The van der Waals surface area contributed by atoms with Gasteiger partial charge in [0, 0.05) is 37.5 Å². The molecule has 1 aromatic carbocycles. The Labute approximate surface area is 165 Å². The summed E-state index contributed by atoms with van der Waals surface area (Å²) in [4.78, 5) is 18.6. The van der Waals surface area contributed by atoms with E-state index in [1.54, 1.807) is 34.8 Å². The average Bonchev–Trinajstić information content (AvgIpc) is 3.32. The fourth-order valence-corrected chi connectivity index (χ4v) is 4.79. The Balaban J connectivity index is 1.35. The van der Waals surface area contributed by atoms with Crippen molar-refractivity contribution >= 4 is 33.7 Å². The van der Waals surface area contributed by atoms with Crippen LogP contribution in [0.15, 0.2) is 36.4 Å². The third kappa shape index (κ3) is 4.17. The molecular formula is C19H19FN4OS2. The molecule has 1 saturated heterocycles. The molecule has 0 atom stereocenters. The summed E-state index contributed by atoms with van der Waals surface area (Å²) < 4.78 is 13.0. The van der Waals surface area contributed by atoms with E-state index in [0.29, 0.717) is 19.5 Å². The molecular weight excluding hydrogens is 383 g/mol. The van der Waals surface area contributed by atoms with E-state index in [-0.39, 0.29) is 11.7 Å². The highest BCUT2D eigenvalue weighted by Crippen LogP contribution is 2.24. The maximum Gasteiger partial charge on any atom is 0.264 e. The van der Waals surface area contributed by atoms with Crippen molar-refractivity contribution in [2.24, 2.45) is 0 Å². The zero-order valence-electron chi connectivity index (χ0n) is 14.9. The summed E-state index contributed by atoms with van der Waals surface area (Å²) in [6.07, 6.45) is 0.647. The van der Waals surface area contributed by atoms with Crippen molar-refractivity contribution in [2.75, 3.05) is 31.1 Å². The first-order valence-corrected chi connectivity index (χ1v) is 10.4. The number of carbonyl (C=O) groups is 1. The van der Waals surface area contributed by atoms with Gasteiger partial charge in [-0.15, -0.1) is 21.5 Å². The van der Waals surface area contributed by atoms with Gasteiger partial charge in [-0.1, -0.05) is 23.5 Å². The summed E-state index contributed by atoms with van der Waals surface area (Å²) in [5, 5.41) is 10.4. The summed E-state index contributed by atoms with van der Waals surface area (Å²) >= 11 is 3.10. The number of rotatable bonds is 4. The summed E-state index contributed by atoms with van der Waals surface area (Å²) in [5.41, 5.74) is 1.01. The predicted octanol–water partition coefficient (Wildman–Crippen LogP) is 3.60. The molecule has 8 heteroatoms. The van der Waals surface area contributed by atoms with Crippen molar-refractivity contribution in [3.8, 4) is 0 Å². The Kier molecular flexibility index (Phi) is 5.18.